The Balaban J connectivity index is 2.56. The van der Waals surface area contributed by atoms with Gasteiger partial charge >= 0.3 is 0 Å². The smallest absolute Gasteiger partial charge is 0.257 e. The predicted molar refractivity (Wildman–Crippen MR) is 60.7 cm³/mol. The van der Waals surface area contributed by atoms with Gasteiger partial charge in [-0.2, -0.15) is 4.98 Å². The van der Waals surface area contributed by atoms with Gasteiger partial charge in [0.25, 0.3) is 5.56 Å². The van der Waals surface area contributed by atoms with E-state index in [-0.39, 0.29) is 11.5 Å². The van der Waals surface area contributed by atoms with Crippen molar-refractivity contribution >= 4 is 11.8 Å². The van der Waals surface area contributed by atoms with Gasteiger partial charge in [-0.3, -0.25) is 9.78 Å². The lowest BCUT2D eigenvalue weighted by atomic mass is 9.96. The maximum absolute atomic E-state index is 11.8. The summed E-state index contributed by atoms with van der Waals surface area (Å²) in [4.78, 5) is 20.8. The van der Waals surface area contributed by atoms with Crippen molar-refractivity contribution in [3.05, 3.63) is 15.9 Å². The Morgan fingerprint density at radius 3 is 2.87 bits per heavy atom. The van der Waals surface area contributed by atoms with Crippen molar-refractivity contribution in [1.29, 1.82) is 0 Å². The van der Waals surface area contributed by atoms with Crippen molar-refractivity contribution in [2.75, 3.05) is 30.9 Å². The number of aromatic amines is 1. The summed E-state index contributed by atoms with van der Waals surface area (Å²) in [6.45, 7) is 2.95. The molecule has 0 aromatic carbocycles. The summed E-state index contributed by atoms with van der Waals surface area (Å²) >= 11 is 0. The average molecular weight is 208 g/mol. The fourth-order valence-corrected chi connectivity index (χ4v) is 1.83. The van der Waals surface area contributed by atoms with Gasteiger partial charge < -0.3 is 10.2 Å². The molecule has 1 aromatic heterocycles. The van der Waals surface area contributed by atoms with E-state index in [1.165, 1.54) is 0 Å². The number of rotatable bonds is 1. The molecule has 5 nitrogen and oxygen atoms in total. The first kappa shape index (κ1) is 10.0. The molecule has 1 atom stereocenters. The van der Waals surface area contributed by atoms with E-state index in [4.69, 9.17) is 0 Å². The number of hydrogen-bond donors (Lipinski definition) is 2. The Kier molecular flexibility index (Phi) is 2.38. The highest BCUT2D eigenvalue weighted by Gasteiger charge is 2.21. The molecule has 2 heterocycles. The van der Waals surface area contributed by atoms with E-state index < -0.39 is 0 Å². The van der Waals surface area contributed by atoms with Crippen LogP contribution in [0.25, 0.3) is 0 Å². The Hall–Kier alpha value is -1.52. The summed E-state index contributed by atoms with van der Waals surface area (Å²) in [6.07, 6.45) is 0.985. The number of nitrogens with one attached hydrogen (secondary N) is 2. The monoisotopic (exact) mass is 208 g/mol. The third kappa shape index (κ3) is 1.69. The lowest BCUT2D eigenvalue weighted by Crippen LogP contribution is -2.28. The highest BCUT2D eigenvalue weighted by atomic mass is 16.1. The fraction of sp³-hybridized carbons (Fsp3) is 0.600. The van der Waals surface area contributed by atoms with E-state index in [1.54, 1.807) is 4.90 Å². The van der Waals surface area contributed by atoms with Crippen molar-refractivity contribution < 1.29 is 0 Å². The van der Waals surface area contributed by atoms with Gasteiger partial charge in [-0.15, -0.1) is 0 Å². The van der Waals surface area contributed by atoms with Crippen LogP contribution in [0.15, 0.2) is 4.79 Å². The van der Waals surface area contributed by atoms with Crippen molar-refractivity contribution in [1.82, 2.24) is 9.97 Å². The Labute approximate surface area is 88.5 Å². The van der Waals surface area contributed by atoms with Crippen molar-refractivity contribution in [3.8, 4) is 0 Å². The molecule has 2 N–H and O–H groups in total. The standard InChI is InChI=1S/C10H16N4O/c1-6-4-5-11-8-7(6)9(15)13-10(12-8)14(2)3/h6H,4-5H2,1-3H3,(H2,11,12,13,15)/t6-/m0/s1. The summed E-state index contributed by atoms with van der Waals surface area (Å²) < 4.78 is 0. The molecule has 0 amide bonds. The summed E-state index contributed by atoms with van der Waals surface area (Å²) in [6, 6.07) is 0. The molecule has 1 aliphatic heterocycles. The number of anilines is 2. The Morgan fingerprint density at radius 2 is 2.20 bits per heavy atom. The van der Waals surface area contributed by atoms with Crippen LogP contribution in [0.4, 0.5) is 11.8 Å². The number of hydrogen-bond acceptors (Lipinski definition) is 4. The van der Waals surface area contributed by atoms with Gasteiger partial charge in [-0.25, -0.2) is 0 Å². The molecule has 0 aliphatic carbocycles. The van der Waals surface area contributed by atoms with Crippen LogP contribution < -0.4 is 15.8 Å². The van der Waals surface area contributed by atoms with E-state index in [2.05, 4.69) is 22.2 Å². The normalized spacial score (nSPS) is 19.3. The van der Waals surface area contributed by atoms with Crippen molar-refractivity contribution in [2.45, 2.75) is 19.3 Å². The zero-order valence-corrected chi connectivity index (χ0v) is 9.29. The van der Waals surface area contributed by atoms with Gasteiger partial charge in [-0.05, 0) is 12.3 Å². The summed E-state index contributed by atoms with van der Waals surface area (Å²) in [7, 11) is 3.72. The molecule has 1 aromatic rings. The van der Waals surface area contributed by atoms with E-state index in [0.29, 0.717) is 5.95 Å². The molecule has 1 aliphatic rings. The molecule has 15 heavy (non-hydrogen) atoms. The second-order valence-electron chi connectivity index (χ2n) is 4.16. The van der Waals surface area contributed by atoms with Gasteiger partial charge in [0.2, 0.25) is 5.95 Å². The average Bonchev–Trinajstić information content (AvgIpc) is 2.17. The predicted octanol–water partition coefficient (Wildman–Crippen LogP) is 0.755. The Bertz CT molecular complexity index is 424. The topological polar surface area (TPSA) is 61.0 Å². The minimum atomic E-state index is -0.0246. The minimum absolute atomic E-state index is 0.0246. The SMILES string of the molecule is C[C@H]1CCNc2nc(N(C)C)[nH]c(=O)c21. The van der Waals surface area contributed by atoms with Crippen LogP contribution in [0.3, 0.4) is 0 Å². The fourth-order valence-electron chi connectivity index (χ4n) is 1.83. The highest BCUT2D eigenvalue weighted by Crippen LogP contribution is 2.26. The molecular formula is C10H16N4O. The van der Waals surface area contributed by atoms with Gasteiger partial charge in [0.1, 0.15) is 5.82 Å². The van der Waals surface area contributed by atoms with E-state index >= 15 is 0 Å². The molecule has 0 bridgehead atoms. The molecule has 5 heteroatoms. The molecule has 0 unspecified atom stereocenters. The zero-order valence-electron chi connectivity index (χ0n) is 9.29. The summed E-state index contributed by atoms with van der Waals surface area (Å²) in [5.41, 5.74) is 0.759. The minimum Gasteiger partial charge on any atom is -0.370 e. The molecular weight excluding hydrogens is 192 g/mol. The third-order valence-corrected chi connectivity index (χ3v) is 2.73. The van der Waals surface area contributed by atoms with Gasteiger partial charge in [0.15, 0.2) is 0 Å². The lowest BCUT2D eigenvalue weighted by molar-refractivity contribution is 0.664. The van der Waals surface area contributed by atoms with Gasteiger partial charge in [0.05, 0.1) is 5.56 Å². The first-order valence-electron chi connectivity index (χ1n) is 5.15. The number of aromatic nitrogens is 2. The Morgan fingerprint density at radius 1 is 1.47 bits per heavy atom. The molecule has 0 spiro atoms. The second-order valence-corrected chi connectivity index (χ2v) is 4.16. The van der Waals surface area contributed by atoms with Gasteiger partial charge in [0, 0.05) is 20.6 Å². The van der Waals surface area contributed by atoms with E-state index in [0.717, 1.165) is 24.3 Å². The second kappa shape index (κ2) is 3.56. The number of nitrogens with zero attached hydrogens (tertiary/aromatic N) is 2. The molecule has 0 fully saturated rings. The summed E-state index contributed by atoms with van der Waals surface area (Å²) in [5, 5.41) is 3.17. The van der Waals surface area contributed by atoms with Crippen LogP contribution in [-0.4, -0.2) is 30.6 Å². The number of H-pyrrole nitrogens is 1. The van der Waals surface area contributed by atoms with Crippen LogP contribution in [0.2, 0.25) is 0 Å². The zero-order chi connectivity index (χ0) is 11.0. The van der Waals surface area contributed by atoms with Crippen LogP contribution >= 0.6 is 0 Å². The maximum Gasteiger partial charge on any atom is 0.257 e. The first-order valence-corrected chi connectivity index (χ1v) is 5.15. The molecule has 2 rings (SSSR count). The summed E-state index contributed by atoms with van der Waals surface area (Å²) in [5.74, 6) is 1.62. The first-order chi connectivity index (χ1) is 7.09. The maximum atomic E-state index is 11.8. The lowest BCUT2D eigenvalue weighted by Gasteiger charge is -2.23. The molecule has 0 saturated carbocycles. The molecule has 82 valence electrons. The third-order valence-electron chi connectivity index (χ3n) is 2.73. The van der Waals surface area contributed by atoms with Crippen molar-refractivity contribution in [3.63, 3.8) is 0 Å². The van der Waals surface area contributed by atoms with Crippen molar-refractivity contribution in [2.24, 2.45) is 0 Å². The number of fused-ring (bicyclic) bond motifs is 1. The van der Waals surface area contributed by atoms with Crippen LogP contribution in [0, 0.1) is 0 Å². The van der Waals surface area contributed by atoms with E-state index in [9.17, 15) is 4.79 Å². The van der Waals surface area contributed by atoms with Crippen LogP contribution in [0.5, 0.6) is 0 Å². The van der Waals surface area contributed by atoms with Crippen LogP contribution in [0.1, 0.15) is 24.8 Å². The highest BCUT2D eigenvalue weighted by molar-refractivity contribution is 5.50. The van der Waals surface area contributed by atoms with Gasteiger partial charge in [-0.1, -0.05) is 6.92 Å². The largest absolute Gasteiger partial charge is 0.370 e. The quantitative estimate of drug-likeness (QED) is 0.715. The van der Waals surface area contributed by atoms with E-state index in [1.807, 2.05) is 14.1 Å². The molecule has 0 radical (unpaired) electrons. The molecule has 0 saturated heterocycles. The van der Waals surface area contributed by atoms with Crippen LogP contribution in [-0.2, 0) is 0 Å².